The van der Waals surface area contributed by atoms with Crippen LogP contribution >= 0.6 is 27.3 Å². The van der Waals surface area contributed by atoms with Gasteiger partial charge in [0.25, 0.3) is 5.91 Å². The third-order valence-corrected chi connectivity index (χ3v) is 7.61. The van der Waals surface area contributed by atoms with Gasteiger partial charge in [-0.2, -0.15) is 10.2 Å². The van der Waals surface area contributed by atoms with Crippen LogP contribution in [0.15, 0.2) is 29.0 Å². The zero-order valence-electron chi connectivity index (χ0n) is 19.7. The van der Waals surface area contributed by atoms with Crippen LogP contribution in [-0.2, 0) is 24.1 Å². The van der Waals surface area contributed by atoms with Crippen molar-refractivity contribution in [2.45, 2.75) is 59.1 Å². The summed E-state index contributed by atoms with van der Waals surface area (Å²) in [6.45, 7) is 6.37. The first-order chi connectivity index (χ1) is 16.9. The van der Waals surface area contributed by atoms with Crippen molar-refractivity contribution >= 4 is 49.8 Å². The molecule has 1 aliphatic carbocycles. The second-order valence-electron chi connectivity index (χ2n) is 8.63. The summed E-state index contributed by atoms with van der Waals surface area (Å²) in [6.07, 6.45) is 7.12. The summed E-state index contributed by atoms with van der Waals surface area (Å²) >= 11 is 5.01. The quantitative estimate of drug-likeness (QED) is 0.330. The van der Waals surface area contributed by atoms with E-state index in [9.17, 15) is 9.59 Å². The zero-order chi connectivity index (χ0) is 24.7. The monoisotopic (exact) mass is 556 g/mol. The number of hydrogen-bond donors (Lipinski definition) is 1. The number of aromatic nitrogens is 5. The van der Waals surface area contributed by atoms with Gasteiger partial charge in [0, 0.05) is 29.9 Å². The van der Waals surface area contributed by atoms with E-state index in [0.717, 1.165) is 47.1 Å². The lowest BCUT2D eigenvalue weighted by molar-refractivity contribution is 0.0378. The highest BCUT2D eigenvalue weighted by Crippen LogP contribution is 2.39. The highest BCUT2D eigenvalue weighted by Gasteiger charge is 2.28. The molecule has 4 aromatic heterocycles. The highest BCUT2D eigenvalue weighted by atomic mass is 79.9. The van der Waals surface area contributed by atoms with Crippen molar-refractivity contribution in [2.24, 2.45) is 0 Å². The van der Waals surface area contributed by atoms with Gasteiger partial charge in [-0.25, -0.2) is 14.3 Å². The average Bonchev–Trinajstić information content (AvgIpc) is 3.52. The fourth-order valence-corrected chi connectivity index (χ4v) is 6.02. The molecule has 0 atom stereocenters. The number of aryl methyl sites for hydroxylation is 2. The number of hydrogen-bond acceptors (Lipinski definition) is 7. The van der Waals surface area contributed by atoms with E-state index in [2.05, 4.69) is 36.4 Å². The van der Waals surface area contributed by atoms with Crippen molar-refractivity contribution in [3.63, 3.8) is 0 Å². The maximum atomic E-state index is 13.3. The molecule has 0 fully saturated rings. The van der Waals surface area contributed by atoms with Gasteiger partial charge in [0.15, 0.2) is 11.3 Å². The number of thiophene rings is 1. The maximum Gasteiger partial charge on any atom is 0.341 e. The number of fused-ring (bicyclic) bond motifs is 2. The lowest BCUT2D eigenvalue weighted by Gasteiger charge is -2.14. The van der Waals surface area contributed by atoms with Crippen LogP contribution in [-0.4, -0.2) is 42.4 Å². The molecular formula is C24H25BrN6O3S. The molecule has 11 heteroatoms. The second-order valence-corrected chi connectivity index (χ2v) is 10.6. The lowest BCUT2D eigenvalue weighted by Crippen LogP contribution is -2.18. The van der Waals surface area contributed by atoms with Crippen molar-refractivity contribution in [2.75, 3.05) is 5.32 Å². The first kappa shape index (κ1) is 23.7. The predicted molar refractivity (Wildman–Crippen MR) is 137 cm³/mol. The van der Waals surface area contributed by atoms with E-state index in [0.29, 0.717) is 27.6 Å². The number of carbonyl (C=O) groups is 2. The van der Waals surface area contributed by atoms with Crippen LogP contribution in [0, 0.1) is 0 Å². The van der Waals surface area contributed by atoms with Crippen molar-refractivity contribution < 1.29 is 14.3 Å². The molecule has 5 rings (SSSR count). The smallest absolute Gasteiger partial charge is 0.341 e. The molecule has 0 aromatic carbocycles. The fraction of sp³-hybridized carbons (Fsp3) is 0.375. The van der Waals surface area contributed by atoms with E-state index >= 15 is 0 Å². The predicted octanol–water partition coefficient (Wildman–Crippen LogP) is 5.13. The number of anilines is 1. The van der Waals surface area contributed by atoms with Crippen LogP contribution in [0.25, 0.3) is 17.0 Å². The van der Waals surface area contributed by atoms with Crippen molar-refractivity contribution in [1.82, 2.24) is 24.4 Å². The van der Waals surface area contributed by atoms with Crippen LogP contribution in [0.4, 0.5) is 5.00 Å². The van der Waals surface area contributed by atoms with E-state index in [1.165, 1.54) is 11.3 Å². The van der Waals surface area contributed by atoms with E-state index in [-0.39, 0.29) is 11.8 Å². The second kappa shape index (κ2) is 9.54. The van der Waals surface area contributed by atoms with Gasteiger partial charge >= 0.3 is 5.97 Å². The zero-order valence-corrected chi connectivity index (χ0v) is 22.1. The number of amides is 1. The summed E-state index contributed by atoms with van der Waals surface area (Å²) in [7, 11) is 0. The van der Waals surface area contributed by atoms with Crippen molar-refractivity contribution in [3.8, 4) is 11.4 Å². The molecule has 1 aliphatic rings. The van der Waals surface area contributed by atoms with Crippen LogP contribution in [0.2, 0.25) is 0 Å². The van der Waals surface area contributed by atoms with E-state index in [1.807, 2.05) is 37.7 Å². The minimum atomic E-state index is -0.406. The Balaban J connectivity index is 1.50. The SMILES string of the molecule is CCn1cc(Br)c(-c2ccnc3cc(C(=O)Nc4sc5c(c4C(=O)OC(C)C)CCCC5)nn23)n1. The Morgan fingerprint density at radius 1 is 1.26 bits per heavy atom. The van der Waals surface area contributed by atoms with Crippen LogP contribution in [0.5, 0.6) is 0 Å². The van der Waals surface area contributed by atoms with Gasteiger partial charge in [0.05, 0.1) is 21.8 Å². The molecule has 35 heavy (non-hydrogen) atoms. The number of carbonyl (C=O) groups excluding carboxylic acids is 2. The molecule has 0 unspecified atom stereocenters. The summed E-state index contributed by atoms with van der Waals surface area (Å²) in [4.78, 5) is 31.7. The van der Waals surface area contributed by atoms with Crippen LogP contribution < -0.4 is 5.32 Å². The van der Waals surface area contributed by atoms with Crippen LogP contribution in [0.1, 0.15) is 64.9 Å². The van der Waals surface area contributed by atoms with Gasteiger partial charge in [-0.3, -0.25) is 9.48 Å². The Labute approximate surface area is 214 Å². The van der Waals surface area contributed by atoms with Crippen molar-refractivity contribution in [1.29, 1.82) is 0 Å². The standard InChI is InChI=1S/C24H25BrN6O3S/c1-4-30-12-15(25)21(29-30)17-9-10-26-19-11-16(28-31(17)19)22(32)27-23-20(24(33)34-13(2)3)14-7-5-6-8-18(14)35-23/h9-13H,4-8H2,1-3H3,(H,27,32). The van der Waals surface area contributed by atoms with Gasteiger partial charge in [-0.1, -0.05) is 0 Å². The first-order valence-corrected chi connectivity index (χ1v) is 13.2. The normalized spacial score (nSPS) is 13.3. The number of rotatable bonds is 6. The van der Waals surface area contributed by atoms with Gasteiger partial charge in [-0.05, 0) is 74.0 Å². The Hall–Kier alpha value is -3.05. The number of nitrogens with one attached hydrogen (secondary N) is 1. The fourth-order valence-electron chi connectivity index (χ4n) is 4.23. The number of ether oxygens (including phenoxy) is 1. The molecule has 0 saturated carbocycles. The number of esters is 1. The Bertz CT molecular complexity index is 1440. The minimum Gasteiger partial charge on any atom is -0.459 e. The molecule has 182 valence electrons. The molecule has 4 aromatic rings. The summed E-state index contributed by atoms with van der Waals surface area (Å²) < 4.78 is 9.75. The van der Waals surface area contributed by atoms with Gasteiger partial charge in [-0.15, -0.1) is 11.3 Å². The highest BCUT2D eigenvalue weighted by molar-refractivity contribution is 9.10. The minimum absolute atomic E-state index is 0.200. The Morgan fingerprint density at radius 3 is 2.80 bits per heavy atom. The third-order valence-electron chi connectivity index (χ3n) is 5.82. The van der Waals surface area contributed by atoms with Gasteiger partial charge in [0.2, 0.25) is 0 Å². The van der Waals surface area contributed by atoms with E-state index in [1.54, 1.807) is 16.8 Å². The molecule has 0 saturated heterocycles. The maximum absolute atomic E-state index is 13.3. The van der Waals surface area contributed by atoms with Gasteiger partial charge < -0.3 is 10.1 Å². The topological polar surface area (TPSA) is 103 Å². The largest absolute Gasteiger partial charge is 0.459 e. The Kier molecular flexibility index (Phi) is 6.45. The number of nitrogens with zero attached hydrogens (tertiary/aromatic N) is 5. The first-order valence-electron chi connectivity index (χ1n) is 11.6. The Morgan fingerprint density at radius 2 is 2.06 bits per heavy atom. The molecular weight excluding hydrogens is 532 g/mol. The summed E-state index contributed by atoms with van der Waals surface area (Å²) in [6, 6.07) is 3.44. The molecule has 1 N–H and O–H groups in total. The molecule has 0 bridgehead atoms. The molecule has 1 amide bonds. The summed E-state index contributed by atoms with van der Waals surface area (Å²) in [5.41, 5.74) is 3.61. The molecule has 9 nitrogen and oxygen atoms in total. The summed E-state index contributed by atoms with van der Waals surface area (Å²) in [5, 5.41) is 12.6. The van der Waals surface area contributed by atoms with Crippen LogP contribution in [0.3, 0.4) is 0 Å². The van der Waals surface area contributed by atoms with Gasteiger partial charge in [0.1, 0.15) is 10.7 Å². The molecule has 0 aliphatic heterocycles. The molecule has 0 radical (unpaired) electrons. The average molecular weight is 557 g/mol. The third kappa shape index (κ3) is 4.50. The van der Waals surface area contributed by atoms with E-state index < -0.39 is 11.9 Å². The van der Waals surface area contributed by atoms with E-state index in [4.69, 9.17) is 4.74 Å². The summed E-state index contributed by atoms with van der Waals surface area (Å²) in [5.74, 6) is -0.804. The van der Waals surface area contributed by atoms with Crippen molar-refractivity contribution in [3.05, 3.63) is 50.7 Å². The number of halogens is 1. The molecule has 4 heterocycles. The lowest BCUT2D eigenvalue weighted by atomic mass is 9.95. The molecule has 0 spiro atoms.